The standard InChI is InChI=1S/C20H18Cl5N3O4S/c21-11-6-10(7-12(22)8-11)16-17(20(16,24)25)19(30)28-13-2-3-15(23)14(9-13)18(29)27-4-1-5-33(26,31)32/h2-3,6-9,16-17H,1,4-5H2,(H,27,29)(H,28,30)(H2,26,31,32). The van der Waals surface area contributed by atoms with E-state index in [0.29, 0.717) is 21.3 Å². The van der Waals surface area contributed by atoms with E-state index in [4.69, 9.17) is 63.1 Å². The third kappa shape index (κ3) is 6.66. The molecule has 2 aromatic carbocycles. The third-order valence-corrected chi connectivity index (χ3v) is 7.51. The number of primary sulfonamides is 1. The average Bonchev–Trinajstić information content (AvgIpc) is 3.27. The first kappa shape index (κ1) is 26.3. The molecular formula is C20H18Cl5N3O4S. The lowest BCUT2D eigenvalue weighted by atomic mass is 10.1. The summed E-state index contributed by atoms with van der Waals surface area (Å²) in [5.74, 6) is -2.56. The number of rotatable bonds is 8. The molecule has 0 bridgehead atoms. The third-order valence-electron chi connectivity index (χ3n) is 4.95. The number of nitrogens with two attached hydrogens (primary N) is 1. The van der Waals surface area contributed by atoms with E-state index in [9.17, 15) is 18.0 Å². The summed E-state index contributed by atoms with van der Waals surface area (Å²) in [6.07, 6.45) is 0.142. The van der Waals surface area contributed by atoms with Crippen LogP contribution in [-0.4, -0.2) is 36.9 Å². The number of nitrogens with one attached hydrogen (secondary N) is 2. The molecule has 0 aromatic heterocycles. The van der Waals surface area contributed by atoms with Crippen LogP contribution >= 0.6 is 58.0 Å². The van der Waals surface area contributed by atoms with E-state index in [1.165, 1.54) is 18.2 Å². The second kappa shape index (κ2) is 10.2. The zero-order valence-corrected chi connectivity index (χ0v) is 21.3. The Kier molecular flexibility index (Phi) is 8.11. The van der Waals surface area contributed by atoms with Gasteiger partial charge in [-0.05, 0) is 48.4 Å². The highest BCUT2D eigenvalue weighted by molar-refractivity contribution is 7.89. The van der Waals surface area contributed by atoms with E-state index in [0.717, 1.165) is 0 Å². The number of anilines is 1. The summed E-state index contributed by atoms with van der Waals surface area (Å²) < 4.78 is 20.6. The highest BCUT2D eigenvalue weighted by Gasteiger charge is 2.67. The molecule has 2 unspecified atom stereocenters. The molecule has 2 amide bonds. The van der Waals surface area contributed by atoms with Gasteiger partial charge in [-0.25, -0.2) is 13.6 Å². The van der Waals surface area contributed by atoms with Gasteiger partial charge in [-0.2, -0.15) is 0 Å². The van der Waals surface area contributed by atoms with Gasteiger partial charge in [-0.1, -0.05) is 34.8 Å². The van der Waals surface area contributed by atoms with Crippen LogP contribution < -0.4 is 15.8 Å². The SMILES string of the molecule is NS(=O)(=O)CCCNC(=O)c1cc(NC(=O)C2C(c3cc(Cl)cc(Cl)c3)C2(Cl)Cl)ccc1Cl. The van der Waals surface area contributed by atoms with Crippen molar-refractivity contribution in [3.63, 3.8) is 0 Å². The van der Waals surface area contributed by atoms with Gasteiger partial charge >= 0.3 is 0 Å². The predicted octanol–water partition coefficient (Wildman–Crippen LogP) is 4.58. The van der Waals surface area contributed by atoms with Crippen LogP contribution in [0.5, 0.6) is 0 Å². The van der Waals surface area contributed by atoms with Crippen molar-refractivity contribution in [1.29, 1.82) is 0 Å². The number of benzene rings is 2. The second-order valence-corrected chi connectivity index (χ2v) is 12.0. The van der Waals surface area contributed by atoms with Gasteiger partial charge in [0.15, 0.2) is 0 Å². The number of amides is 2. The van der Waals surface area contributed by atoms with Crippen LogP contribution in [-0.2, 0) is 14.8 Å². The van der Waals surface area contributed by atoms with Gasteiger partial charge in [0.25, 0.3) is 5.91 Å². The Labute approximate surface area is 215 Å². The molecular weight excluding hydrogens is 556 g/mol. The number of alkyl halides is 2. The van der Waals surface area contributed by atoms with Crippen molar-refractivity contribution in [1.82, 2.24) is 5.32 Å². The van der Waals surface area contributed by atoms with Crippen LogP contribution in [0, 0.1) is 5.92 Å². The first-order chi connectivity index (χ1) is 15.3. The number of hydrogen-bond donors (Lipinski definition) is 3. The van der Waals surface area contributed by atoms with E-state index in [-0.39, 0.29) is 29.3 Å². The van der Waals surface area contributed by atoms with Crippen molar-refractivity contribution in [3.05, 3.63) is 62.6 Å². The van der Waals surface area contributed by atoms with Crippen molar-refractivity contribution in [2.24, 2.45) is 11.1 Å². The maximum Gasteiger partial charge on any atom is 0.252 e. The van der Waals surface area contributed by atoms with Gasteiger partial charge < -0.3 is 10.6 Å². The molecule has 0 saturated heterocycles. The van der Waals surface area contributed by atoms with Crippen LogP contribution in [0.3, 0.4) is 0 Å². The lowest BCUT2D eigenvalue weighted by Crippen LogP contribution is -2.27. The molecule has 1 aliphatic rings. The van der Waals surface area contributed by atoms with Gasteiger partial charge in [-0.3, -0.25) is 9.59 Å². The average molecular weight is 574 g/mol. The summed E-state index contributed by atoms with van der Waals surface area (Å²) >= 11 is 30.9. The number of sulfonamides is 1. The van der Waals surface area contributed by atoms with Crippen LogP contribution in [0.2, 0.25) is 15.1 Å². The van der Waals surface area contributed by atoms with Crippen molar-refractivity contribution in [2.45, 2.75) is 16.7 Å². The molecule has 178 valence electrons. The van der Waals surface area contributed by atoms with Gasteiger partial charge in [0.05, 0.1) is 22.3 Å². The number of carbonyl (C=O) groups excluding carboxylic acids is 2. The Morgan fingerprint density at radius 2 is 1.67 bits per heavy atom. The first-order valence-electron chi connectivity index (χ1n) is 9.52. The van der Waals surface area contributed by atoms with Crippen molar-refractivity contribution < 1.29 is 18.0 Å². The van der Waals surface area contributed by atoms with Gasteiger partial charge in [-0.15, -0.1) is 23.2 Å². The van der Waals surface area contributed by atoms with Gasteiger partial charge in [0, 0.05) is 28.2 Å². The lowest BCUT2D eigenvalue weighted by molar-refractivity contribution is -0.117. The van der Waals surface area contributed by atoms with Gasteiger partial charge in [0.2, 0.25) is 15.9 Å². The van der Waals surface area contributed by atoms with Crippen LogP contribution in [0.1, 0.15) is 28.3 Å². The summed E-state index contributed by atoms with van der Waals surface area (Å²) in [4.78, 5) is 25.3. The molecule has 7 nitrogen and oxygen atoms in total. The first-order valence-corrected chi connectivity index (χ1v) is 13.1. The number of halogens is 5. The molecule has 2 atom stereocenters. The molecule has 4 N–H and O–H groups in total. The monoisotopic (exact) mass is 571 g/mol. The molecule has 33 heavy (non-hydrogen) atoms. The second-order valence-electron chi connectivity index (χ2n) is 7.49. The maximum absolute atomic E-state index is 12.9. The normalized spacial score (nSPS) is 19.1. The minimum absolute atomic E-state index is 0.0785. The van der Waals surface area contributed by atoms with Crippen molar-refractivity contribution in [2.75, 3.05) is 17.6 Å². The van der Waals surface area contributed by atoms with Crippen LogP contribution in [0.15, 0.2) is 36.4 Å². The molecule has 3 rings (SSSR count). The Morgan fingerprint density at radius 3 is 2.27 bits per heavy atom. The topological polar surface area (TPSA) is 118 Å². The van der Waals surface area contributed by atoms with E-state index in [1.54, 1.807) is 18.2 Å². The molecule has 1 saturated carbocycles. The quantitative estimate of drug-likeness (QED) is 0.316. The number of hydrogen-bond acceptors (Lipinski definition) is 4. The fourth-order valence-corrected chi connectivity index (χ4v) is 5.51. The Hall–Kier alpha value is -1.26. The van der Waals surface area contributed by atoms with E-state index >= 15 is 0 Å². The Bertz CT molecular complexity index is 1190. The van der Waals surface area contributed by atoms with E-state index < -0.39 is 38.0 Å². The zero-order valence-electron chi connectivity index (χ0n) is 16.7. The molecule has 13 heteroatoms. The lowest BCUT2D eigenvalue weighted by Gasteiger charge is -2.10. The fraction of sp³-hybridized carbons (Fsp3) is 0.300. The largest absolute Gasteiger partial charge is 0.352 e. The fourth-order valence-electron chi connectivity index (χ4n) is 3.39. The molecule has 1 fully saturated rings. The molecule has 0 radical (unpaired) electrons. The molecule has 0 heterocycles. The van der Waals surface area contributed by atoms with Crippen LogP contribution in [0.25, 0.3) is 0 Å². The predicted molar refractivity (Wildman–Crippen MR) is 132 cm³/mol. The summed E-state index contributed by atoms with van der Waals surface area (Å²) in [5, 5.41) is 11.1. The van der Waals surface area contributed by atoms with Crippen molar-refractivity contribution >= 4 is 85.5 Å². The van der Waals surface area contributed by atoms with E-state index in [2.05, 4.69) is 10.6 Å². The van der Waals surface area contributed by atoms with Crippen LogP contribution in [0.4, 0.5) is 5.69 Å². The minimum Gasteiger partial charge on any atom is -0.352 e. The smallest absolute Gasteiger partial charge is 0.252 e. The van der Waals surface area contributed by atoms with E-state index in [1.807, 2.05) is 0 Å². The highest BCUT2D eigenvalue weighted by Crippen LogP contribution is 2.65. The molecule has 1 aliphatic carbocycles. The van der Waals surface area contributed by atoms with Crippen molar-refractivity contribution in [3.8, 4) is 0 Å². The maximum atomic E-state index is 12.9. The zero-order chi connectivity index (χ0) is 24.6. The number of carbonyl (C=O) groups is 2. The summed E-state index contributed by atoms with van der Waals surface area (Å²) in [7, 11) is -3.62. The minimum atomic E-state index is -3.62. The summed E-state index contributed by atoms with van der Waals surface area (Å²) in [5.41, 5.74) is 1.04. The van der Waals surface area contributed by atoms with Gasteiger partial charge in [0.1, 0.15) is 4.33 Å². The molecule has 2 aromatic rings. The molecule has 0 spiro atoms. The Balaban J connectivity index is 1.68. The molecule has 0 aliphatic heterocycles. The Morgan fingerprint density at radius 1 is 1.03 bits per heavy atom. The summed E-state index contributed by atoms with van der Waals surface area (Å²) in [6, 6.07) is 9.22. The summed E-state index contributed by atoms with van der Waals surface area (Å²) in [6.45, 7) is 0.0785. The highest BCUT2D eigenvalue weighted by atomic mass is 35.5.